The minimum absolute atomic E-state index is 0.579. The molecule has 0 aromatic rings. The van der Waals surface area contributed by atoms with E-state index < -0.39 is 7.12 Å². The van der Waals surface area contributed by atoms with E-state index in [0.29, 0.717) is 5.47 Å². The standard InChI is InChI=1S/C8H11BO2/c1-2-7-3-5-8(6-4-7)9(10)11/h2-3,5-6,10-11H,4H2,1H3. The Balaban J connectivity index is 2.67. The molecule has 2 N–H and O–H groups in total. The molecule has 1 rings (SSSR count). The van der Waals surface area contributed by atoms with Crippen LogP contribution in [0.1, 0.15) is 13.3 Å². The summed E-state index contributed by atoms with van der Waals surface area (Å²) in [4.78, 5) is 0. The van der Waals surface area contributed by atoms with Gasteiger partial charge in [-0.2, -0.15) is 0 Å². The van der Waals surface area contributed by atoms with Crippen LogP contribution >= 0.6 is 0 Å². The first kappa shape index (κ1) is 8.30. The third-order valence-electron chi connectivity index (χ3n) is 1.73. The molecule has 0 radical (unpaired) electrons. The van der Waals surface area contributed by atoms with E-state index in [1.165, 1.54) is 5.57 Å². The van der Waals surface area contributed by atoms with Crippen LogP contribution in [0.3, 0.4) is 0 Å². The molecule has 0 unspecified atom stereocenters. The Labute approximate surface area is 66.7 Å². The number of allylic oxidation sites excluding steroid dienone is 6. The lowest BCUT2D eigenvalue weighted by Crippen LogP contribution is -2.14. The van der Waals surface area contributed by atoms with Crippen molar-refractivity contribution in [2.24, 2.45) is 0 Å². The van der Waals surface area contributed by atoms with Gasteiger partial charge in [0.25, 0.3) is 0 Å². The molecule has 0 spiro atoms. The lowest BCUT2D eigenvalue weighted by atomic mass is 9.76. The van der Waals surface area contributed by atoms with E-state index in [9.17, 15) is 0 Å². The van der Waals surface area contributed by atoms with Gasteiger partial charge in [0.05, 0.1) is 0 Å². The van der Waals surface area contributed by atoms with Crippen LogP contribution in [0.4, 0.5) is 0 Å². The first-order chi connectivity index (χ1) is 5.24. The van der Waals surface area contributed by atoms with Crippen LogP contribution in [0.25, 0.3) is 0 Å². The largest absolute Gasteiger partial charge is 0.488 e. The third-order valence-corrected chi connectivity index (χ3v) is 1.73. The highest BCUT2D eigenvalue weighted by Crippen LogP contribution is 2.15. The van der Waals surface area contributed by atoms with Gasteiger partial charge in [0, 0.05) is 0 Å². The van der Waals surface area contributed by atoms with Crippen molar-refractivity contribution in [2.45, 2.75) is 13.3 Å². The van der Waals surface area contributed by atoms with Gasteiger partial charge in [-0.3, -0.25) is 0 Å². The van der Waals surface area contributed by atoms with Crippen LogP contribution < -0.4 is 0 Å². The molecular weight excluding hydrogens is 139 g/mol. The van der Waals surface area contributed by atoms with Gasteiger partial charge in [0.2, 0.25) is 0 Å². The highest BCUT2D eigenvalue weighted by molar-refractivity contribution is 6.51. The van der Waals surface area contributed by atoms with Crippen LogP contribution in [-0.2, 0) is 0 Å². The zero-order chi connectivity index (χ0) is 8.27. The fourth-order valence-electron chi connectivity index (χ4n) is 0.981. The lowest BCUT2D eigenvalue weighted by Gasteiger charge is -2.07. The van der Waals surface area contributed by atoms with Gasteiger partial charge in [-0.05, 0) is 24.4 Å². The Hall–Kier alpha value is -0.795. The van der Waals surface area contributed by atoms with Crippen molar-refractivity contribution >= 4 is 7.12 Å². The van der Waals surface area contributed by atoms with E-state index in [0.717, 1.165) is 6.42 Å². The van der Waals surface area contributed by atoms with E-state index in [4.69, 9.17) is 10.0 Å². The molecule has 11 heavy (non-hydrogen) atoms. The van der Waals surface area contributed by atoms with Gasteiger partial charge >= 0.3 is 7.12 Å². The van der Waals surface area contributed by atoms with E-state index in [1.54, 1.807) is 6.08 Å². The van der Waals surface area contributed by atoms with Crippen LogP contribution in [0.2, 0.25) is 0 Å². The molecule has 0 saturated heterocycles. The van der Waals surface area contributed by atoms with Crippen LogP contribution in [-0.4, -0.2) is 17.2 Å². The number of hydrogen-bond acceptors (Lipinski definition) is 2. The van der Waals surface area contributed by atoms with Gasteiger partial charge in [0.1, 0.15) is 0 Å². The first-order valence-electron chi connectivity index (χ1n) is 3.63. The van der Waals surface area contributed by atoms with E-state index >= 15 is 0 Å². The Morgan fingerprint density at radius 2 is 2.18 bits per heavy atom. The second-order valence-corrected chi connectivity index (χ2v) is 2.48. The maximum Gasteiger partial charge on any atom is 0.488 e. The maximum atomic E-state index is 8.75. The summed E-state index contributed by atoms with van der Waals surface area (Å²) >= 11 is 0. The summed E-state index contributed by atoms with van der Waals surface area (Å²) in [6, 6.07) is 0. The predicted molar refractivity (Wildman–Crippen MR) is 45.8 cm³/mol. The quantitative estimate of drug-likeness (QED) is 0.543. The summed E-state index contributed by atoms with van der Waals surface area (Å²) in [5, 5.41) is 17.5. The third kappa shape index (κ3) is 2.07. The van der Waals surface area contributed by atoms with E-state index in [-0.39, 0.29) is 0 Å². The molecule has 0 atom stereocenters. The Morgan fingerprint density at radius 1 is 1.45 bits per heavy atom. The fourth-order valence-corrected chi connectivity index (χ4v) is 0.981. The minimum atomic E-state index is -1.33. The summed E-state index contributed by atoms with van der Waals surface area (Å²) in [7, 11) is -1.33. The van der Waals surface area contributed by atoms with Crippen LogP contribution in [0.15, 0.2) is 35.3 Å². The summed E-state index contributed by atoms with van der Waals surface area (Å²) in [6.07, 6.45) is 8.24. The molecule has 3 heteroatoms. The molecule has 1 aliphatic rings. The van der Waals surface area contributed by atoms with Crippen molar-refractivity contribution in [3.8, 4) is 0 Å². The Morgan fingerprint density at radius 3 is 2.55 bits per heavy atom. The zero-order valence-corrected chi connectivity index (χ0v) is 6.49. The summed E-state index contributed by atoms with van der Waals surface area (Å²) in [5.74, 6) is 0. The second-order valence-electron chi connectivity index (χ2n) is 2.48. The molecule has 58 valence electrons. The normalized spacial score (nSPS) is 20.3. The Kier molecular flexibility index (Phi) is 2.68. The molecule has 0 heterocycles. The monoisotopic (exact) mass is 150 g/mol. The molecule has 0 saturated carbocycles. The SMILES string of the molecule is CC=C1C=CC(B(O)O)=CC1. The highest BCUT2D eigenvalue weighted by atomic mass is 16.4. The van der Waals surface area contributed by atoms with Crippen molar-refractivity contribution in [3.05, 3.63) is 35.3 Å². The molecule has 0 aromatic heterocycles. The van der Waals surface area contributed by atoms with Gasteiger partial charge in [-0.1, -0.05) is 24.3 Å². The Bertz CT molecular complexity index is 226. The number of hydrogen-bond donors (Lipinski definition) is 2. The minimum Gasteiger partial charge on any atom is -0.423 e. The predicted octanol–water partition coefficient (Wildman–Crippen LogP) is 0.831. The molecular formula is C8H11BO2. The van der Waals surface area contributed by atoms with Crippen molar-refractivity contribution in [2.75, 3.05) is 0 Å². The van der Waals surface area contributed by atoms with E-state index in [2.05, 4.69) is 0 Å². The molecule has 2 nitrogen and oxygen atoms in total. The maximum absolute atomic E-state index is 8.75. The average molecular weight is 150 g/mol. The fraction of sp³-hybridized carbons (Fsp3) is 0.250. The molecule has 0 fully saturated rings. The van der Waals surface area contributed by atoms with Crippen LogP contribution in [0.5, 0.6) is 0 Å². The highest BCUT2D eigenvalue weighted by Gasteiger charge is 2.13. The van der Waals surface area contributed by atoms with Crippen LogP contribution in [0, 0.1) is 0 Å². The molecule has 1 aliphatic carbocycles. The first-order valence-corrected chi connectivity index (χ1v) is 3.63. The van der Waals surface area contributed by atoms with Gasteiger partial charge < -0.3 is 10.0 Å². The molecule has 0 aromatic carbocycles. The zero-order valence-electron chi connectivity index (χ0n) is 6.49. The van der Waals surface area contributed by atoms with Gasteiger partial charge in [-0.15, -0.1) is 0 Å². The van der Waals surface area contributed by atoms with Gasteiger partial charge in [-0.25, -0.2) is 0 Å². The van der Waals surface area contributed by atoms with E-state index in [1.807, 2.05) is 25.2 Å². The summed E-state index contributed by atoms with van der Waals surface area (Å²) < 4.78 is 0. The van der Waals surface area contributed by atoms with Crippen molar-refractivity contribution in [3.63, 3.8) is 0 Å². The topological polar surface area (TPSA) is 40.5 Å². The molecule has 0 aliphatic heterocycles. The summed E-state index contributed by atoms with van der Waals surface area (Å²) in [5.41, 5.74) is 1.78. The van der Waals surface area contributed by atoms with Crippen molar-refractivity contribution < 1.29 is 10.0 Å². The second kappa shape index (κ2) is 3.55. The summed E-state index contributed by atoms with van der Waals surface area (Å²) in [6.45, 7) is 1.97. The lowest BCUT2D eigenvalue weighted by molar-refractivity contribution is 0.420. The smallest absolute Gasteiger partial charge is 0.423 e. The van der Waals surface area contributed by atoms with Crippen molar-refractivity contribution in [1.82, 2.24) is 0 Å². The van der Waals surface area contributed by atoms with Crippen molar-refractivity contribution in [1.29, 1.82) is 0 Å². The molecule has 0 amide bonds. The number of rotatable bonds is 1. The average Bonchev–Trinajstić information content (AvgIpc) is 2.05. The molecule has 0 bridgehead atoms. The van der Waals surface area contributed by atoms with Gasteiger partial charge in [0.15, 0.2) is 0 Å².